The zero-order valence-corrected chi connectivity index (χ0v) is 5.60. The maximum atomic E-state index is 10.6. The number of hydrogen-bond donors (Lipinski definition) is 0. The minimum absolute atomic E-state index is 0.359. The molecule has 0 aliphatic carbocycles. The van der Waals surface area contributed by atoms with Gasteiger partial charge in [0, 0.05) is 0 Å². The van der Waals surface area contributed by atoms with Gasteiger partial charge in [-0.1, -0.05) is 20.8 Å². The van der Waals surface area contributed by atoms with Crippen molar-refractivity contribution in [3.8, 4) is 0 Å². The molecule has 0 saturated carbocycles. The van der Waals surface area contributed by atoms with E-state index in [4.69, 9.17) is 0 Å². The number of rotatable bonds is 1. The Morgan fingerprint density at radius 2 is 1.75 bits per heavy atom. The Hall–Kier alpha value is -0.0800. The largest absolute Gasteiger partial charge is 0.234 e. The fourth-order valence-corrected chi connectivity index (χ4v) is 0.250. The molecule has 0 aromatic rings. The molecule has 0 spiro atoms. The summed E-state index contributed by atoms with van der Waals surface area (Å²) in [6.45, 7) is 4.83. The molecule has 48 valence electrons. The van der Waals surface area contributed by atoms with Crippen LogP contribution in [0.3, 0.4) is 0 Å². The van der Waals surface area contributed by atoms with Gasteiger partial charge in [0.1, 0.15) is 12.7 Å². The smallest absolute Gasteiger partial charge is 0.124 e. The van der Waals surface area contributed by atoms with E-state index in [0.29, 0.717) is 0 Å². The van der Waals surface area contributed by atoms with Crippen LogP contribution >= 0.6 is 0 Å². The Balaban J connectivity index is 3.62. The molecule has 0 aliphatic heterocycles. The maximum absolute atomic E-state index is 10.6. The van der Waals surface area contributed by atoms with E-state index in [1.807, 2.05) is 0 Å². The van der Waals surface area contributed by atoms with Gasteiger partial charge < -0.3 is 0 Å². The zero-order chi connectivity index (χ0) is 6.78. The molecule has 0 aromatic heterocycles. The van der Waals surface area contributed by atoms with E-state index in [0.717, 1.165) is 0 Å². The summed E-state index contributed by atoms with van der Waals surface area (Å²) < 4.78 is 0. The van der Waals surface area contributed by atoms with Gasteiger partial charge >= 0.3 is 0 Å². The predicted octanol–water partition coefficient (Wildman–Crippen LogP) is 1.26. The summed E-state index contributed by atoms with van der Waals surface area (Å²) in [5.74, 6) is 0. The Labute approximate surface area is 50.2 Å². The molecule has 2 heteroatoms. The van der Waals surface area contributed by atoms with Crippen molar-refractivity contribution in [1.29, 1.82) is 0 Å². The molecule has 0 fully saturated rings. The molecule has 0 aromatic carbocycles. The Morgan fingerprint density at radius 1 is 1.38 bits per heavy atom. The van der Waals surface area contributed by atoms with Crippen molar-refractivity contribution < 1.29 is 10.2 Å². The molecule has 8 heavy (non-hydrogen) atoms. The Bertz CT molecular complexity index is 63.4. The van der Waals surface area contributed by atoms with Crippen LogP contribution in [-0.2, 0) is 10.2 Å². The van der Waals surface area contributed by atoms with E-state index >= 15 is 0 Å². The number of hydrogen-bond acceptors (Lipinski definition) is 0. The highest BCUT2D eigenvalue weighted by atomic mass is 16.3. The lowest BCUT2D eigenvalue weighted by Crippen LogP contribution is -2.27. The third-order valence-electron chi connectivity index (χ3n) is 1.12. The molecule has 0 rings (SSSR count). The topological polar surface area (TPSA) is 39.8 Å². The van der Waals surface area contributed by atoms with Crippen molar-refractivity contribution in [2.24, 2.45) is 5.41 Å². The lowest BCUT2D eigenvalue weighted by molar-refractivity contribution is -0.0560. The first-order chi connectivity index (χ1) is 3.48. The molecule has 1 atom stereocenters. The first kappa shape index (κ1) is 7.92. The molecule has 0 amide bonds. The van der Waals surface area contributed by atoms with Crippen molar-refractivity contribution in [3.63, 3.8) is 0 Å². The average molecular weight is 116 g/mol. The van der Waals surface area contributed by atoms with E-state index in [-0.39, 0.29) is 5.41 Å². The van der Waals surface area contributed by atoms with Crippen LogP contribution < -0.4 is 0 Å². The lowest BCUT2D eigenvalue weighted by Gasteiger charge is -2.20. The van der Waals surface area contributed by atoms with Gasteiger partial charge in [-0.15, -0.1) is 0 Å². The van der Waals surface area contributed by atoms with Crippen LogP contribution in [0.25, 0.3) is 0 Å². The van der Waals surface area contributed by atoms with Crippen molar-refractivity contribution in [1.82, 2.24) is 0 Å². The van der Waals surface area contributed by atoms with Crippen molar-refractivity contribution in [3.05, 3.63) is 0 Å². The Kier molecular flexibility index (Phi) is 2.44. The van der Waals surface area contributed by atoms with Crippen LogP contribution in [0, 0.1) is 5.41 Å². The van der Waals surface area contributed by atoms with E-state index in [2.05, 4.69) is 0 Å². The van der Waals surface area contributed by atoms with E-state index in [1.165, 1.54) is 0 Å². The van der Waals surface area contributed by atoms with Gasteiger partial charge in [0.2, 0.25) is 0 Å². The highest BCUT2D eigenvalue weighted by molar-refractivity contribution is 4.70. The molecule has 0 aliphatic rings. The zero-order valence-electron chi connectivity index (χ0n) is 5.60. The van der Waals surface area contributed by atoms with Gasteiger partial charge in [0.15, 0.2) is 0 Å². The second kappa shape index (κ2) is 2.46. The van der Waals surface area contributed by atoms with Crippen LogP contribution in [0.4, 0.5) is 0 Å². The van der Waals surface area contributed by atoms with Crippen molar-refractivity contribution >= 4 is 0 Å². The highest BCUT2D eigenvalue weighted by Gasteiger charge is 2.22. The van der Waals surface area contributed by atoms with Crippen LogP contribution in [0.1, 0.15) is 20.8 Å². The third kappa shape index (κ3) is 2.28. The van der Waals surface area contributed by atoms with Gasteiger partial charge in [0.25, 0.3) is 0 Å². The summed E-state index contributed by atoms with van der Waals surface area (Å²) in [4.78, 5) is 0. The first-order valence-electron chi connectivity index (χ1n) is 2.72. The molecular weight excluding hydrogens is 104 g/mol. The first-order valence-corrected chi connectivity index (χ1v) is 2.72. The third-order valence-corrected chi connectivity index (χ3v) is 1.12. The predicted molar refractivity (Wildman–Crippen MR) is 29.5 cm³/mol. The summed E-state index contributed by atoms with van der Waals surface area (Å²) in [5.41, 5.74) is -0.359. The van der Waals surface area contributed by atoms with Crippen LogP contribution in [0.5, 0.6) is 0 Å². The fourth-order valence-electron chi connectivity index (χ4n) is 0.250. The molecule has 0 heterocycles. The summed E-state index contributed by atoms with van der Waals surface area (Å²) in [6.07, 6.45) is -0.956. The van der Waals surface area contributed by atoms with Crippen molar-refractivity contribution in [2.75, 3.05) is 6.61 Å². The summed E-state index contributed by atoms with van der Waals surface area (Å²) in [6, 6.07) is 0. The normalized spacial score (nSPS) is 16.1. The average Bonchev–Trinajstić information content (AvgIpc) is 1.62. The molecule has 2 nitrogen and oxygen atoms in total. The van der Waals surface area contributed by atoms with Crippen molar-refractivity contribution in [2.45, 2.75) is 26.9 Å². The monoisotopic (exact) mass is 116 g/mol. The highest BCUT2D eigenvalue weighted by Crippen LogP contribution is 2.18. The van der Waals surface area contributed by atoms with E-state index < -0.39 is 12.7 Å². The summed E-state index contributed by atoms with van der Waals surface area (Å²) in [5, 5.41) is 20.6. The van der Waals surface area contributed by atoms with Gasteiger partial charge in [-0.25, -0.2) is 10.2 Å². The fraction of sp³-hybridized carbons (Fsp3) is 1.00. The Morgan fingerprint density at radius 3 is 1.75 bits per heavy atom. The molecule has 0 N–H and O–H groups in total. The minimum Gasteiger partial charge on any atom is -0.234 e. The van der Waals surface area contributed by atoms with Gasteiger partial charge in [-0.3, -0.25) is 0 Å². The second-order valence-corrected chi connectivity index (χ2v) is 3.02. The maximum Gasteiger partial charge on any atom is 0.124 e. The summed E-state index contributed by atoms with van der Waals surface area (Å²) in [7, 11) is 0. The van der Waals surface area contributed by atoms with Gasteiger partial charge in [0.05, 0.1) is 0 Å². The summed E-state index contributed by atoms with van der Waals surface area (Å²) >= 11 is 0. The van der Waals surface area contributed by atoms with E-state index in [9.17, 15) is 10.2 Å². The lowest BCUT2D eigenvalue weighted by atomic mass is 9.90. The SMILES string of the molecule is CC(C)(C)C([O])C[O]. The van der Waals surface area contributed by atoms with Crippen LogP contribution in [0.2, 0.25) is 0 Å². The molecule has 0 saturated heterocycles. The molecule has 2 radical (unpaired) electrons. The second-order valence-electron chi connectivity index (χ2n) is 3.02. The van der Waals surface area contributed by atoms with Crippen LogP contribution in [-0.4, -0.2) is 12.7 Å². The quantitative estimate of drug-likeness (QED) is 0.495. The molecule has 0 bridgehead atoms. The van der Waals surface area contributed by atoms with Gasteiger partial charge in [-0.05, 0) is 5.41 Å². The van der Waals surface area contributed by atoms with Gasteiger partial charge in [-0.2, -0.15) is 0 Å². The van der Waals surface area contributed by atoms with Crippen LogP contribution in [0.15, 0.2) is 0 Å². The minimum atomic E-state index is -0.956. The molecular formula is C6H12O2. The van der Waals surface area contributed by atoms with E-state index in [1.54, 1.807) is 20.8 Å². The standard InChI is InChI=1S/C6H12O2/c1-6(2,3)5(8)4-7/h5H,4H2,1-3H3. The molecule has 1 unspecified atom stereocenters.